The van der Waals surface area contributed by atoms with Crippen LogP contribution in [-0.4, -0.2) is 53.1 Å². The van der Waals surface area contributed by atoms with Gasteiger partial charge in [-0.25, -0.2) is 9.97 Å². The maximum absolute atomic E-state index is 4.56. The molecule has 18 heavy (non-hydrogen) atoms. The number of rotatable bonds is 2. The summed E-state index contributed by atoms with van der Waals surface area (Å²) in [6.07, 6.45) is 1.61. The third-order valence-electron chi connectivity index (χ3n) is 3.09. The highest BCUT2D eigenvalue weighted by atomic mass is 32.1. The van der Waals surface area contributed by atoms with E-state index in [-0.39, 0.29) is 0 Å². The Hall–Kier alpha value is -1.53. The third-order valence-corrected chi connectivity index (χ3v) is 3.95. The van der Waals surface area contributed by atoms with E-state index in [0.717, 1.165) is 42.8 Å². The molecule has 0 N–H and O–H groups in total. The minimum absolute atomic E-state index is 0.772. The Morgan fingerprint density at radius 2 is 2.00 bits per heavy atom. The van der Waals surface area contributed by atoms with Crippen molar-refractivity contribution in [3.05, 3.63) is 23.8 Å². The Morgan fingerprint density at radius 3 is 2.72 bits per heavy atom. The minimum Gasteiger partial charge on any atom is -0.338 e. The first kappa shape index (κ1) is 11.6. The van der Waals surface area contributed by atoms with Crippen molar-refractivity contribution < 1.29 is 0 Å². The number of anilines is 1. The highest BCUT2D eigenvalue weighted by Crippen LogP contribution is 2.21. The van der Waals surface area contributed by atoms with E-state index < -0.39 is 0 Å². The van der Waals surface area contributed by atoms with E-state index in [4.69, 9.17) is 0 Å². The first-order valence-electron chi connectivity index (χ1n) is 5.99. The van der Waals surface area contributed by atoms with Crippen molar-refractivity contribution in [1.29, 1.82) is 0 Å². The van der Waals surface area contributed by atoms with Crippen molar-refractivity contribution in [2.24, 2.45) is 0 Å². The van der Waals surface area contributed by atoms with Gasteiger partial charge in [0.2, 0.25) is 5.95 Å². The predicted octanol–water partition coefficient (Wildman–Crippen LogP) is 1.35. The minimum atomic E-state index is 0.772. The van der Waals surface area contributed by atoms with Crippen LogP contribution in [0.1, 0.15) is 0 Å². The highest BCUT2D eigenvalue weighted by Gasteiger charge is 2.17. The zero-order valence-electron chi connectivity index (χ0n) is 10.3. The SMILES string of the molecule is CN1CCN(c2ncnc(-c3cccs3)n2)CC1. The van der Waals surface area contributed by atoms with Gasteiger partial charge in [-0.3, -0.25) is 0 Å². The van der Waals surface area contributed by atoms with Gasteiger partial charge < -0.3 is 9.80 Å². The first-order chi connectivity index (χ1) is 8.83. The van der Waals surface area contributed by atoms with Gasteiger partial charge in [0.15, 0.2) is 5.82 Å². The summed E-state index contributed by atoms with van der Waals surface area (Å²) in [6, 6.07) is 4.05. The molecule has 94 valence electrons. The van der Waals surface area contributed by atoms with E-state index in [1.807, 2.05) is 17.5 Å². The second kappa shape index (κ2) is 4.99. The fourth-order valence-corrected chi connectivity index (χ4v) is 2.64. The van der Waals surface area contributed by atoms with Crippen LogP contribution in [0.4, 0.5) is 5.95 Å². The van der Waals surface area contributed by atoms with Gasteiger partial charge in [0, 0.05) is 26.2 Å². The molecule has 0 unspecified atom stereocenters. The number of likely N-dealkylation sites (N-methyl/N-ethyl adjacent to an activating group) is 1. The van der Waals surface area contributed by atoms with Crippen LogP contribution in [0.3, 0.4) is 0 Å². The van der Waals surface area contributed by atoms with E-state index >= 15 is 0 Å². The molecule has 2 aromatic heterocycles. The number of aromatic nitrogens is 3. The standard InChI is InChI=1S/C12H15N5S/c1-16-4-6-17(7-5-16)12-14-9-13-11(15-12)10-3-2-8-18-10/h2-3,8-9H,4-7H2,1H3. The molecule has 0 aliphatic carbocycles. The van der Waals surface area contributed by atoms with Crippen molar-refractivity contribution in [1.82, 2.24) is 19.9 Å². The zero-order chi connectivity index (χ0) is 12.4. The van der Waals surface area contributed by atoms with Crippen LogP contribution in [0.2, 0.25) is 0 Å². The van der Waals surface area contributed by atoms with Crippen molar-refractivity contribution in [2.75, 3.05) is 38.1 Å². The summed E-state index contributed by atoms with van der Waals surface area (Å²) in [4.78, 5) is 18.7. The van der Waals surface area contributed by atoms with Crippen LogP contribution < -0.4 is 4.90 Å². The lowest BCUT2D eigenvalue weighted by Crippen LogP contribution is -2.45. The molecule has 0 bridgehead atoms. The van der Waals surface area contributed by atoms with Gasteiger partial charge in [-0.05, 0) is 18.5 Å². The quantitative estimate of drug-likeness (QED) is 0.816. The third kappa shape index (κ3) is 2.34. The molecule has 3 rings (SSSR count). The number of hydrogen-bond acceptors (Lipinski definition) is 6. The predicted molar refractivity (Wildman–Crippen MR) is 72.9 cm³/mol. The Kier molecular flexibility index (Phi) is 3.21. The summed E-state index contributed by atoms with van der Waals surface area (Å²) in [6.45, 7) is 4.06. The molecular weight excluding hydrogens is 246 g/mol. The second-order valence-electron chi connectivity index (χ2n) is 4.38. The zero-order valence-corrected chi connectivity index (χ0v) is 11.1. The molecule has 3 heterocycles. The van der Waals surface area contributed by atoms with Crippen molar-refractivity contribution in [3.63, 3.8) is 0 Å². The van der Waals surface area contributed by atoms with Crippen molar-refractivity contribution >= 4 is 17.3 Å². The van der Waals surface area contributed by atoms with E-state index in [1.54, 1.807) is 17.7 Å². The second-order valence-corrected chi connectivity index (χ2v) is 5.32. The number of piperazine rings is 1. The molecule has 0 aromatic carbocycles. The molecule has 1 saturated heterocycles. The molecule has 1 aliphatic rings. The molecule has 1 aliphatic heterocycles. The van der Waals surface area contributed by atoms with Gasteiger partial charge in [-0.2, -0.15) is 4.98 Å². The molecule has 0 amide bonds. The van der Waals surface area contributed by atoms with E-state index in [2.05, 4.69) is 31.8 Å². The number of hydrogen-bond donors (Lipinski definition) is 0. The van der Waals surface area contributed by atoms with Crippen molar-refractivity contribution in [3.8, 4) is 10.7 Å². The topological polar surface area (TPSA) is 45.2 Å². The maximum Gasteiger partial charge on any atom is 0.229 e. The van der Waals surface area contributed by atoms with Crippen molar-refractivity contribution in [2.45, 2.75) is 0 Å². The lowest BCUT2D eigenvalue weighted by Gasteiger charge is -2.32. The van der Waals surface area contributed by atoms with Crippen LogP contribution in [0.5, 0.6) is 0 Å². The van der Waals surface area contributed by atoms with Crippen LogP contribution in [0, 0.1) is 0 Å². The summed E-state index contributed by atoms with van der Waals surface area (Å²) in [5.41, 5.74) is 0. The van der Waals surface area contributed by atoms with Gasteiger partial charge in [-0.15, -0.1) is 11.3 Å². The number of thiophene rings is 1. The molecule has 0 spiro atoms. The summed E-state index contributed by atoms with van der Waals surface area (Å²) < 4.78 is 0. The average molecular weight is 261 g/mol. The average Bonchev–Trinajstić information content (AvgIpc) is 2.94. The lowest BCUT2D eigenvalue weighted by atomic mass is 10.3. The molecule has 6 heteroatoms. The molecule has 2 aromatic rings. The fraction of sp³-hybridized carbons (Fsp3) is 0.417. The Bertz CT molecular complexity index is 505. The maximum atomic E-state index is 4.56. The molecule has 0 radical (unpaired) electrons. The fourth-order valence-electron chi connectivity index (χ4n) is 1.97. The molecule has 0 atom stereocenters. The highest BCUT2D eigenvalue weighted by molar-refractivity contribution is 7.13. The monoisotopic (exact) mass is 261 g/mol. The molecular formula is C12H15N5S. The summed E-state index contributed by atoms with van der Waals surface area (Å²) in [7, 11) is 2.14. The van der Waals surface area contributed by atoms with E-state index in [1.165, 1.54) is 0 Å². The Labute approximate surface area is 110 Å². The molecule has 5 nitrogen and oxygen atoms in total. The van der Waals surface area contributed by atoms with Gasteiger partial charge in [0.1, 0.15) is 6.33 Å². The van der Waals surface area contributed by atoms with Crippen LogP contribution in [0.25, 0.3) is 10.7 Å². The normalized spacial score (nSPS) is 17.1. The van der Waals surface area contributed by atoms with Gasteiger partial charge in [-0.1, -0.05) is 6.07 Å². The van der Waals surface area contributed by atoms with Crippen LogP contribution in [0.15, 0.2) is 23.8 Å². The summed E-state index contributed by atoms with van der Waals surface area (Å²) in [5.74, 6) is 1.57. The molecule has 0 saturated carbocycles. The van der Waals surface area contributed by atoms with Gasteiger partial charge >= 0.3 is 0 Å². The van der Waals surface area contributed by atoms with E-state index in [0.29, 0.717) is 0 Å². The number of nitrogens with zero attached hydrogens (tertiary/aromatic N) is 5. The van der Waals surface area contributed by atoms with Crippen LogP contribution in [-0.2, 0) is 0 Å². The summed E-state index contributed by atoms with van der Waals surface area (Å²) in [5, 5.41) is 2.04. The Balaban J connectivity index is 1.83. The Morgan fingerprint density at radius 1 is 1.17 bits per heavy atom. The first-order valence-corrected chi connectivity index (χ1v) is 6.87. The van der Waals surface area contributed by atoms with Gasteiger partial charge in [0.05, 0.1) is 4.88 Å². The largest absolute Gasteiger partial charge is 0.338 e. The van der Waals surface area contributed by atoms with E-state index in [9.17, 15) is 0 Å². The smallest absolute Gasteiger partial charge is 0.229 e. The lowest BCUT2D eigenvalue weighted by molar-refractivity contribution is 0.311. The van der Waals surface area contributed by atoms with Crippen LogP contribution >= 0.6 is 11.3 Å². The summed E-state index contributed by atoms with van der Waals surface area (Å²) >= 11 is 1.65. The van der Waals surface area contributed by atoms with Gasteiger partial charge in [0.25, 0.3) is 0 Å². The molecule has 1 fully saturated rings.